The number of carbonyl (C=O) groups is 2. The minimum absolute atomic E-state index is 0.280. The van der Waals surface area contributed by atoms with Crippen LogP contribution in [0.4, 0.5) is 0 Å². The Morgan fingerprint density at radius 3 is 1.38 bits per heavy atom. The van der Waals surface area contributed by atoms with Crippen molar-refractivity contribution < 1.29 is 124 Å². The summed E-state index contributed by atoms with van der Waals surface area (Å²) in [6, 6.07) is -2.70. The van der Waals surface area contributed by atoms with E-state index >= 15 is 0 Å². The topological polar surface area (TPSA) is 424 Å². The van der Waals surface area contributed by atoms with Crippen LogP contribution < -0.4 is 10.6 Å². The van der Waals surface area contributed by atoms with Gasteiger partial charge in [0.05, 0.1) is 45.2 Å². The monoisotopic (exact) mass is 936 g/mol. The van der Waals surface area contributed by atoms with E-state index in [1.54, 1.807) is 13.8 Å². The van der Waals surface area contributed by atoms with E-state index in [4.69, 9.17) is 42.6 Å². The molecule has 5 saturated heterocycles. The van der Waals surface area contributed by atoms with Crippen LogP contribution in [-0.4, -0.2) is 270 Å². The zero-order valence-corrected chi connectivity index (χ0v) is 35.3. The molecule has 5 heterocycles. The summed E-state index contributed by atoms with van der Waals surface area (Å²) in [6.45, 7) is 1.61. The molecule has 372 valence electrons. The van der Waals surface area contributed by atoms with Gasteiger partial charge >= 0.3 is 0 Å². The Morgan fingerprint density at radius 1 is 0.453 bits per heavy atom. The van der Waals surface area contributed by atoms with Gasteiger partial charge in [-0.2, -0.15) is 0 Å². The average Bonchev–Trinajstić information content (AvgIpc) is 3.25. The maximum atomic E-state index is 12.5. The number of hydrogen-bond acceptors (Lipinski definition) is 25. The molecule has 16 N–H and O–H groups in total. The van der Waals surface area contributed by atoms with Crippen LogP contribution in [-0.2, 0) is 52.2 Å². The van der Waals surface area contributed by atoms with Crippen LogP contribution in [0, 0.1) is 5.92 Å². The molecule has 25 atom stereocenters. The number of ether oxygens (including phenoxy) is 9. The molecule has 5 fully saturated rings. The molecule has 0 spiro atoms. The number of carbonyl (C=O) groups excluding carboxylic acids is 2. The van der Waals surface area contributed by atoms with Gasteiger partial charge in [-0.1, -0.05) is 13.8 Å². The van der Waals surface area contributed by atoms with E-state index in [9.17, 15) is 81.1 Å². The minimum atomic E-state index is -2.16. The van der Waals surface area contributed by atoms with E-state index in [1.807, 2.05) is 0 Å². The molecular formula is C37H64N2O25. The summed E-state index contributed by atoms with van der Waals surface area (Å²) in [5.41, 5.74) is 0. The van der Waals surface area contributed by atoms with E-state index in [0.29, 0.717) is 0 Å². The highest BCUT2D eigenvalue weighted by molar-refractivity contribution is 5.73. The fourth-order valence-corrected chi connectivity index (χ4v) is 8.36. The molecule has 25 unspecified atom stereocenters. The molecule has 5 aliphatic heterocycles. The molecule has 27 nitrogen and oxygen atoms in total. The standard InChI is InChI=1S/C37H64N2O25/c1-10(2)30-18(38-11(3)44)23(49)31(15(7-42)57-30)62-34-19(39-12(4)45)24(50)32(16(8-43)60-34)63-37-29(55)33(64-36-28(54)26(52)21(47)14(6-41)59-36)22(48)17(61-37)9-56-35-27(53)25(51)20(46)13(5-40)58-35/h10,13-37,40-43,46-55H,5-9H2,1-4H3,(H,38,44)(H,39,45). The summed E-state index contributed by atoms with van der Waals surface area (Å²) in [5, 5.41) is 154. The molecule has 0 aromatic rings. The Bertz CT molecular complexity index is 1490. The lowest BCUT2D eigenvalue weighted by molar-refractivity contribution is -0.383. The van der Waals surface area contributed by atoms with Gasteiger partial charge in [0.1, 0.15) is 116 Å². The van der Waals surface area contributed by atoms with Crippen LogP contribution in [0.2, 0.25) is 0 Å². The number of rotatable bonds is 16. The number of nitrogens with one attached hydrogen (secondary N) is 2. The first-order chi connectivity index (χ1) is 30.2. The van der Waals surface area contributed by atoms with E-state index in [-0.39, 0.29) is 5.92 Å². The van der Waals surface area contributed by atoms with Crippen molar-refractivity contribution in [3.05, 3.63) is 0 Å². The molecule has 0 bridgehead atoms. The summed E-state index contributed by atoms with van der Waals surface area (Å²) in [6.07, 6.45) is -40.2. The molecule has 5 rings (SSSR count). The fourth-order valence-electron chi connectivity index (χ4n) is 8.36. The van der Waals surface area contributed by atoms with Crippen LogP contribution in [0.1, 0.15) is 27.7 Å². The Kier molecular flexibility index (Phi) is 18.9. The van der Waals surface area contributed by atoms with Gasteiger partial charge in [-0.15, -0.1) is 0 Å². The highest BCUT2D eigenvalue weighted by Gasteiger charge is 2.56. The van der Waals surface area contributed by atoms with Crippen molar-refractivity contribution in [2.75, 3.05) is 33.0 Å². The van der Waals surface area contributed by atoms with Gasteiger partial charge in [0.2, 0.25) is 11.8 Å². The van der Waals surface area contributed by atoms with Crippen molar-refractivity contribution in [1.29, 1.82) is 0 Å². The number of aliphatic hydroxyl groups is 14. The third-order valence-corrected chi connectivity index (χ3v) is 11.8. The molecule has 5 aliphatic rings. The van der Waals surface area contributed by atoms with Crippen molar-refractivity contribution in [3.8, 4) is 0 Å². The van der Waals surface area contributed by atoms with Crippen molar-refractivity contribution in [3.63, 3.8) is 0 Å². The van der Waals surface area contributed by atoms with Crippen LogP contribution in [0.15, 0.2) is 0 Å². The molecular weight excluding hydrogens is 872 g/mol. The summed E-state index contributed by atoms with van der Waals surface area (Å²) in [7, 11) is 0. The summed E-state index contributed by atoms with van der Waals surface area (Å²) in [5.74, 6) is -1.56. The van der Waals surface area contributed by atoms with Gasteiger partial charge in [0, 0.05) is 13.8 Å². The van der Waals surface area contributed by atoms with Gasteiger partial charge in [0.15, 0.2) is 25.2 Å². The molecule has 0 radical (unpaired) electrons. The predicted molar refractivity (Wildman–Crippen MR) is 202 cm³/mol. The molecule has 0 aliphatic carbocycles. The Hall–Kier alpha value is -1.98. The lowest BCUT2D eigenvalue weighted by atomic mass is 9.87. The van der Waals surface area contributed by atoms with Crippen LogP contribution >= 0.6 is 0 Å². The first-order valence-corrected chi connectivity index (χ1v) is 20.8. The summed E-state index contributed by atoms with van der Waals surface area (Å²) in [4.78, 5) is 24.7. The Balaban J connectivity index is 1.42. The van der Waals surface area contributed by atoms with Gasteiger partial charge in [-0.25, -0.2) is 0 Å². The van der Waals surface area contributed by atoms with E-state index in [1.165, 1.54) is 6.92 Å². The summed E-state index contributed by atoms with van der Waals surface area (Å²) < 4.78 is 52.0. The zero-order chi connectivity index (χ0) is 47.5. The Labute approximate surface area is 365 Å². The van der Waals surface area contributed by atoms with Crippen molar-refractivity contribution in [2.24, 2.45) is 5.92 Å². The fraction of sp³-hybridized carbons (Fsp3) is 0.946. The lowest BCUT2D eigenvalue weighted by Gasteiger charge is -2.51. The number of aliphatic hydroxyl groups excluding tert-OH is 14. The first kappa shape index (κ1) is 53.0. The molecule has 0 aromatic carbocycles. The van der Waals surface area contributed by atoms with Crippen molar-refractivity contribution >= 4 is 11.8 Å². The second-order valence-electron chi connectivity index (χ2n) is 16.8. The quantitative estimate of drug-likeness (QED) is 0.0683. The SMILES string of the molecule is CC(=O)NC1C(OC2C(CO)OC(C(C)C)C(NC(C)=O)C2O)OC(CO)C(OC2OC(COC3OC(CO)C(O)C(O)C3O)C(O)C(OC3OC(CO)C(O)C(O)C3O)C2O)C1O. The molecule has 64 heavy (non-hydrogen) atoms. The Morgan fingerprint density at radius 2 is 0.859 bits per heavy atom. The highest BCUT2D eigenvalue weighted by atomic mass is 16.8. The number of hydrogen-bond donors (Lipinski definition) is 16. The second kappa shape index (κ2) is 22.9. The van der Waals surface area contributed by atoms with Gasteiger partial charge in [-0.05, 0) is 5.92 Å². The largest absolute Gasteiger partial charge is 0.394 e. The lowest BCUT2D eigenvalue weighted by Crippen LogP contribution is -2.70. The van der Waals surface area contributed by atoms with Crippen LogP contribution in [0.25, 0.3) is 0 Å². The molecule has 0 aromatic heterocycles. The zero-order valence-electron chi connectivity index (χ0n) is 35.3. The summed E-state index contributed by atoms with van der Waals surface area (Å²) >= 11 is 0. The van der Waals surface area contributed by atoms with Crippen molar-refractivity contribution in [1.82, 2.24) is 10.6 Å². The first-order valence-electron chi connectivity index (χ1n) is 20.8. The maximum Gasteiger partial charge on any atom is 0.217 e. The molecule has 2 amide bonds. The number of amides is 2. The van der Waals surface area contributed by atoms with Crippen LogP contribution in [0.3, 0.4) is 0 Å². The molecule has 27 heteroatoms. The third kappa shape index (κ3) is 11.5. The average molecular weight is 937 g/mol. The van der Waals surface area contributed by atoms with Crippen molar-refractivity contribution in [2.45, 2.75) is 181 Å². The molecule has 0 saturated carbocycles. The predicted octanol–water partition coefficient (Wildman–Crippen LogP) is -9.93. The van der Waals surface area contributed by atoms with E-state index < -0.39 is 198 Å². The second-order valence-corrected chi connectivity index (χ2v) is 16.8. The van der Waals surface area contributed by atoms with Crippen LogP contribution in [0.5, 0.6) is 0 Å². The van der Waals surface area contributed by atoms with Gasteiger partial charge < -0.3 is 125 Å². The smallest absolute Gasteiger partial charge is 0.217 e. The highest BCUT2D eigenvalue weighted by Crippen LogP contribution is 2.36. The van der Waals surface area contributed by atoms with Gasteiger partial charge in [-0.3, -0.25) is 9.59 Å². The van der Waals surface area contributed by atoms with Gasteiger partial charge in [0.25, 0.3) is 0 Å². The maximum absolute atomic E-state index is 12.5. The third-order valence-electron chi connectivity index (χ3n) is 11.8. The van der Waals surface area contributed by atoms with E-state index in [0.717, 1.165) is 6.92 Å². The minimum Gasteiger partial charge on any atom is -0.394 e. The van der Waals surface area contributed by atoms with E-state index in [2.05, 4.69) is 10.6 Å². The normalized spacial score (nSPS) is 47.9.